The molecule has 0 aliphatic carbocycles. The number of benzene rings is 1. The van der Waals surface area contributed by atoms with Gasteiger partial charge in [0.25, 0.3) is 5.70 Å². The van der Waals surface area contributed by atoms with Crippen LogP contribution in [0.25, 0.3) is 10.9 Å². The van der Waals surface area contributed by atoms with Gasteiger partial charge < -0.3 is 4.74 Å². The fourth-order valence-corrected chi connectivity index (χ4v) is 1.05. The van der Waals surface area contributed by atoms with Crippen molar-refractivity contribution in [1.29, 1.82) is 0 Å². The third kappa shape index (κ3) is 3.28. The smallest absolute Gasteiger partial charge is 0.336 e. The van der Waals surface area contributed by atoms with Gasteiger partial charge in [-0.2, -0.15) is 0 Å². The van der Waals surface area contributed by atoms with Crippen LogP contribution in [0.15, 0.2) is 36.0 Å². The van der Waals surface area contributed by atoms with Crippen molar-refractivity contribution >= 4 is 12.0 Å². The predicted molar refractivity (Wildman–Crippen MR) is 57.7 cm³/mol. The van der Waals surface area contributed by atoms with Gasteiger partial charge in [0.2, 0.25) is 0 Å². The summed E-state index contributed by atoms with van der Waals surface area (Å²) in [6.45, 7) is 8.86. The number of rotatable bonds is 3. The molecule has 0 aliphatic heterocycles. The lowest BCUT2D eigenvalue weighted by Gasteiger charge is -1.99. The summed E-state index contributed by atoms with van der Waals surface area (Å²) in [6, 6.07) is 9.21. The largest absolute Gasteiger partial charge is 0.471 e. The van der Waals surface area contributed by atoms with Gasteiger partial charge in [-0.1, -0.05) is 30.3 Å². The fourth-order valence-electron chi connectivity index (χ4n) is 1.05. The zero-order chi connectivity index (χ0) is 11.1. The summed E-state index contributed by atoms with van der Waals surface area (Å²) >= 11 is 0. The minimum Gasteiger partial charge on any atom is -0.471 e. The van der Waals surface area contributed by atoms with Crippen LogP contribution < -0.4 is 0 Å². The molecule has 0 unspecified atom stereocenters. The molecule has 3 heteroatoms. The van der Waals surface area contributed by atoms with E-state index in [-0.39, 0.29) is 12.3 Å². The van der Waals surface area contributed by atoms with Crippen LogP contribution in [0.1, 0.15) is 12.5 Å². The maximum absolute atomic E-state index is 11.3. The van der Waals surface area contributed by atoms with Gasteiger partial charge >= 0.3 is 5.97 Å². The second-order valence-electron chi connectivity index (χ2n) is 2.77. The van der Waals surface area contributed by atoms with Crippen LogP contribution in [-0.2, 0) is 9.53 Å². The molecular formula is C12H11NO2. The molecule has 0 aliphatic rings. The van der Waals surface area contributed by atoms with Crippen molar-refractivity contribution in [1.82, 2.24) is 0 Å². The molecule has 0 N–H and O–H groups in total. The lowest BCUT2D eigenvalue weighted by atomic mass is 10.2. The first-order valence-corrected chi connectivity index (χ1v) is 4.59. The van der Waals surface area contributed by atoms with Gasteiger partial charge in [-0.3, -0.25) is 4.79 Å². The Morgan fingerprint density at radius 1 is 1.47 bits per heavy atom. The first-order valence-electron chi connectivity index (χ1n) is 4.59. The van der Waals surface area contributed by atoms with Crippen LogP contribution in [-0.4, -0.2) is 12.6 Å². The Hall–Kier alpha value is -2.08. The van der Waals surface area contributed by atoms with Crippen LogP contribution in [0.3, 0.4) is 0 Å². The van der Waals surface area contributed by atoms with Gasteiger partial charge in [0.05, 0.1) is 13.2 Å². The summed E-state index contributed by atoms with van der Waals surface area (Å²) in [5.74, 6) is -0.573. The van der Waals surface area contributed by atoms with E-state index in [9.17, 15) is 4.79 Å². The second-order valence-corrected chi connectivity index (χ2v) is 2.77. The topological polar surface area (TPSA) is 30.7 Å². The highest BCUT2D eigenvalue weighted by Gasteiger charge is 2.09. The maximum atomic E-state index is 11.3. The predicted octanol–water partition coefficient (Wildman–Crippen LogP) is 2.51. The standard InChI is InChI=1S/C12H11NO2/c1-3-15-12(14)11(13-2)9-10-7-5-4-6-8-10/h4-9H,3H2,1H3/b11-9+. The fraction of sp³-hybridized carbons (Fsp3) is 0.167. The van der Waals surface area contributed by atoms with Crippen molar-refractivity contribution in [2.45, 2.75) is 6.92 Å². The number of carbonyl (C=O) groups is 1. The van der Waals surface area contributed by atoms with E-state index in [4.69, 9.17) is 11.3 Å². The van der Waals surface area contributed by atoms with Crippen LogP contribution in [0, 0.1) is 6.57 Å². The number of carbonyl (C=O) groups excluding carboxylic acids is 1. The molecule has 0 spiro atoms. The monoisotopic (exact) mass is 201 g/mol. The second kappa shape index (κ2) is 5.61. The summed E-state index contributed by atoms with van der Waals surface area (Å²) in [5.41, 5.74) is 0.819. The molecule has 0 amide bonds. The first-order chi connectivity index (χ1) is 7.27. The Balaban J connectivity index is 2.89. The minimum absolute atomic E-state index is 0.00282. The SMILES string of the molecule is [C-]#[N+]/C(=C/c1ccccc1)C(=O)OCC. The third-order valence-corrected chi connectivity index (χ3v) is 1.71. The van der Waals surface area contributed by atoms with E-state index in [0.29, 0.717) is 0 Å². The highest BCUT2D eigenvalue weighted by molar-refractivity contribution is 5.95. The quantitative estimate of drug-likeness (QED) is 0.427. The Labute approximate surface area is 88.8 Å². The molecular weight excluding hydrogens is 190 g/mol. The van der Waals surface area contributed by atoms with Crippen LogP contribution in [0.5, 0.6) is 0 Å². The number of hydrogen-bond donors (Lipinski definition) is 0. The molecule has 0 saturated heterocycles. The Bertz CT molecular complexity index is 401. The van der Waals surface area contributed by atoms with Crippen molar-refractivity contribution in [3.8, 4) is 0 Å². The molecule has 0 atom stereocenters. The minimum atomic E-state index is -0.573. The van der Waals surface area contributed by atoms with E-state index < -0.39 is 5.97 Å². The molecule has 0 heterocycles. The molecule has 0 fully saturated rings. The summed E-state index contributed by atoms with van der Waals surface area (Å²) < 4.78 is 4.75. The summed E-state index contributed by atoms with van der Waals surface area (Å²) in [6.07, 6.45) is 1.52. The molecule has 0 aromatic heterocycles. The van der Waals surface area contributed by atoms with Crippen molar-refractivity contribution in [3.63, 3.8) is 0 Å². The van der Waals surface area contributed by atoms with Crippen molar-refractivity contribution in [3.05, 3.63) is 53.0 Å². The lowest BCUT2D eigenvalue weighted by Crippen LogP contribution is -2.04. The zero-order valence-corrected chi connectivity index (χ0v) is 8.43. The number of ether oxygens (including phenoxy) is 1. The van der Waals surface area contributed by atoms with Gasteiger partial charge in [-0.25, -0.2) is 4.85 Å². The maximum Gasteiger partial charge on any atom is 0.336 e. The molecule has 1 aromatic rings. The van der Waals surface area contributed by atoms with Gasteiger partial charge in [0.1, 0.15) is 0 Å². The van der Waals surface area contributed by atoms with Crippen LogP contribution in [0.2, 0.25) is 0 Å². The average molecular weight is 201 g/mol. The highest BCUT2D eigenvalue weighted by atomic mass is 16.5. The van der Waals surface area contributed by atoms with E-state index in [1.54, 1.807) is 6.92 Å². The van der Waals surface area contributed by atoms with E-state index in [1.807, 2.05) is 30.3 Å². The van der Waals surface area contributed by atoms with E-state index in [1.165, 1.54) is 6.08 Å². The molecule has 0 bridgehead atoms. The number of esters is 1. The van der Waals surface area contributed by atoms with E-state index in [0.717, 1.165) is 5.56 Å². The average Bonchev–Trinajstić information content (AvgIpc) is 2.27. The van der Waals surface area contributed by atoms with Gasteiger partial charge in [0, 0.05) is 0 Å². The molecule has 1 aromatic carbocycles. The number of nitrogens with zero attached hydrogens (tertiary/aromatic N) is 1. The highest BCUT2D eigenvalue weighted by Crippen LogP contribution is 2.09. The van der Waals surface area contributed by atoms with Crippen LogP contribution >= 0.6 is 0 Å². The van der Waals surface area contributed by atoms with Gasteiger partial charge in [0.15, 0.2) is 0 Å². The molecule has 3 nitrogen and oxygen atoms in total. The Kier molecular flexibility index (Phi) is 4.11. The molecule has 15 heavy (non-hydrogen) atoms. The summed E-state index contributed by atoms with van der Waals surface area (Å²) in [5, 5.41) is 0. The Morgan fingerprint density at radius 3 is 2.67 bits per heavy atom. The Morgan fingerprint density at radius 2 is 2.13 bits per heavy atom. The van der Waals surface area contributed by atoms with Gasteiger partial charge in [-0.15, -0.1) is 0 Å². The summed E-state index contributed by atoms with van der Waals surface area (Å²) in [7, 11) is 0. The molecule has 1 rings (SSSR count). The molecule has 76 valence electrons. The van der Waals surface area contributed by atoms with E-state index >= 15 is 0 Å². The zero-order valence-electron chi connectivity index (χ0n) is 8.43. The van der Waals surface area contributed by atoms with Crippen LogP contribution in [0.4, 0.5) is 0 Å². The van der Waals surface area contributed by atoms with E-state index in [2.05, 4.69) is 4.85 Å². The van der Waals surface area contributed by atoms with Crippen molar-refractivity contribution < 1.29 is 9.53 Å². The number of hydrogen-bond acceptors (Lipinski definition) is 2. The normalized spacial score (nSPS) is 10.5. The van der Waals surface area contributed by atoms with Gasteiger partial charge in [-0.05, 0) is 18.6 Å². The first kappa shape index (κ1) is 11.0. The molecule has 0 saturated carbocycles. The van der Waals surface area contributed by atoms with Crippen molar-refractivity contribution in [2.24, 2.45) is 0 Å². The summed E-state index contributed by atoms with van der Waals surface area (Å²) in [4.78, 5) is 14.4. The molecule has 0 radical (unpaired) electrons. The van der Waals surface area contributed by atoms with Crippen molar-refractivity contribution in [2.75, 3.05) is 6.61 Å². The lowest BCUT2D eigenvalue weighted by molar-refractivity contribution is -0.138. The third-order valence-electron chi connectivity index (χ3n) is 1.71.